The number of nitrogens with zero attached hydrogens (tertiary/aromatic N) is 3. The van der Waals surface area contributed by atoms with Gasteiger partial charge in [0, 0.05) is 31.3 Å². The van der Waals surface area contributed by atoms with Crippen LogP contribution < -0.4 is 0 Å². The van der Waals surface area contributed by atoms with E-state index in [1.807, 2.05) is 35.8 Å². The monoisotopic (exact) mass is 367 g/mol. The summed E-state index contributed by atoms with van der Waals surface area (Å²) in [6.07, 6.45) is 4.01. The Hall–Kier alpha value is -1.20. The van der Waals surface area contributed by atoms with E-state index in [-0.39, 0.29) is 6.10 Å². The molecule has 4 nitrogen and oxygen atoms in total. The van der Waals surface area contributed by atoms with Gasteiger partial charge in [-0.2, -0.15) is 11.8 Å². The van der Waals surface area contributed by atoms with Gasteiger partial charge >= 0.3 is 0 Å². The number of oxime groups is 1. The van der Waals surface area contributed by atoms with Gasteiger partial charge in [-0.15, -0.1) is 0 Å². The molecule has 0 N–H and O–H groups in total. The third-order valence-electron chi connectivity index (χ3n) is 3.88. The molecule has 1 unspecified atom stereocenters. The Morgan fingerprint density at radius 1 is 1.46 bits per heavy atom. The second-order valence-corrected chi connectivity index (χ2v) is 7.54. The second kappa shape index (κ2) is 9.33. The molecule has 0 spiro atoms. The predicted molar refractivity (Wildman–Crippen MR) is 106 cm³/mol. The van der Waals surface area contributed by atoms with E-state index in [1.165, 1.54) is 12.2 Å². The molecule has 0 amide bonds. The molecule has 132 valence electrons. The molecule has 1 aromatic rings. The quantitative estimate of drug-likeness (QED) is 0.372. The first-order valence-corrected chi connectivity index (χ1v) is 9.93. The van der Waals surface area contributed by atoms with Crippen molar-refractivity contribution in [2.75, 3.05) is 25.1 Å². The molecule has 0 aromatic heterocycles. The zero-order valence-corrected chi connectivity index (χ0v) is 16.5. The number of benzene rings is 1. The van der Waals surface area contributed by atoms with E-state index in [1.54, 1.807) is 6.34 Å². The molecule has 1 aliphatic rings. The molecular formula is C18H26ClN3OS. The van der Waals surface area contributed by atoms with Gasteiger partial charge in [-0.25, -0.2) is 4.99 Å². The van der Waals surface area contributed by atoms with Crippen LogP contribution in [0.25, 0.3) is 0 Å². The van der Waals surface area contributed by atoms with E-state index >= 15 is 0 Å². The smallest absolute Gasteiger partial charge is 0.142 e. The Morgan fingerprint density at radius 2 is 2.25 bits per heavy atom. The largest absolute Gasteiger partial charge is 0.391 e. The minimum atomic E-state index is 0.172. The Kier molecular flexibility index (Phi) is 7.43. The lowest BCUT2D eigenvalue weighted by Gasteiger charge is -2.11. The molecule has 1 aromatic carbocycles. The van der Waals surface area contributed by atoms with Gasteiger partial charge in [0.25, 0.3) is 0 Å². The van der Waals surface area contributed by atoms with E-state index in [4.69, 9.17) is 16.4 Å². The summed E-state index contributed by atoms with van der Waals surface area (Å²) in [5, 5.41) is 4.92. The van der Waals surface area contributed by atoms with Crippen LogP contribution in [0.5, 0.6) is 0 Å². The number of halogens is 1. The second-order valence-electron chi connectivity index (χ2n) is 5.98. The summed E-state index contributed by atoms with van der Waals surface area (Å²) in [6.45, 7) is 7.24. The van der Waals surface area contributed by atoms with Gasteiger partial charge in [-0.3, -0.25) is 0 Å². The molecule has 0 saturated heterocycles. The Labute approximate surface area is 154 Å². The predicted octanol–water partition coefficient (Wildman–Crippen LogP) is 4.90. The van der Waals surface area contributed by atoms with Crippen LogP contribution in [0.4, 0.5) is 5.69 Å². The van der Waals surface area contributed by atoms with Gasteiger partial charge in [0.15, 0.2) is 0 Å². The molecule has 1 aliphatic heterocycles. The third kappa shape index (κ3) is 5.15. The Morgan fingerprint density at radius 3 is 2.96 bits per heavy atom. The fraction of sp³-hybridized carbons (Fsp3) is 0.556. The molecular weight excluding hydrogens is 342 g/mol. The number of rotatable bonds is 8. The number of hydrogen-bond donors (Lipinski definition) is 0. The van der Waals surface area contributed by atoms with Crippen molar-refractivity contribution in [2.45, 2.75) is 39.7 Å². The number of aliphatic imine (C=N–C) groups is 1. The summed E-state index contributed by atoms with van der Waals surface area (Å²) in [7, 11) is 1.99. The highest BCUT2D eigenvalue weighted by molar-refractivity contribution is 7.99. The van der Waals surface area contributed by atoms with Crippen LogP contribution in [-0.4, -0.2) is 48.2 Å². The summed E-state index contributed by atoms with van der Waals surface area (Å²) in [5.41, 5.74) is 3.95. The maximum atomic E-state index is 6.41. The highest BCUT2D eigenvalue weighted by Crippen LogP contribution is 2.31. The van der Waals surface area contributed by atoms with E-state index in [9.17, 15) is 0 Å². The van der Waals surface area contributed by atoms with Gasteiger partial charge in [-0.1, -0.05) is 23.7 Å². The van der Waals surface area contributed by atoms with Crippen LogP contribution in [0.2, 0.25) is 5.02 Å². The standard InChI is InChI=1S/C18H26ClN3OS/c1-5-7-24-11-14-9-17(21-23-14)15-10-16(19)18(8-13(15)3)20-12-22(4)6-2/h8,10,12,14H,5-7,9,11H2,1-4H3. The first-order valence-electron chi connectivity index (χ1n) is 8.40. The van der Waals surface area contributed by atoms with Crippen molar-refractivity contribution in [3.63, 3.8) is 0 Å². The average Bonchev–Trinajstić information content (AvgIpc) is 3.03. The summed E-state index contributed by atoms with van der Waals surface area (Å²) in [5.74, 6) is 2.15. The molecule has 0 saturated carbocycles. The lowest BCUT2D eigenvalue weighted by atomic mass is 10.00. The summed E-state index contributed by atoms with van der Waals surface area (Å²) in [6, 6.07) is 3.97. The van der Waals surface area contributed by atoms with Gasteiger partial charge < -0.3 is 9.74 Å². The average molecular weight is 368 g/mol. The normalized spacial score (nSPS) is 17.2. The van der Waals surface area contributed by atoms with Crippen molar-refractivity contribution in [3.05, 3.63) is 28.3 Å². The zero-order chi connectivity index (χ0) is 17.5. The van der Waals surface area contributed by atoms with Crippen molar-refractivity contribution in [2.24, 2.45) is 10.1 Å². The lowest BCUT2D eigenvalue weighted by molar-refractivity contribution is 0.103. The van der Waals surface area contributed by atoms with Gasteiger partial charge in [-0.05, 0) is 43.7 Å². The molecule has 1 atom stereocenters. The van der Waals surface area contributed by atoms with Crippen molar-refractivity contribution in [1.82, 2.24) is 4.90 Å². The molecule has 6 heteroatoms. The first-order chi connectivity index (χ1) is 11.5. The Balaban J connectivity index is 2.07. The van der Waals surface area contributed by atoms with E-state index in [0.29, 0.717) is 5.02 Å². The SMILES string of the molecule is CCCSCC1CC(c2cc(Cl)c(N=CN(C)CC)cc2C)=NO1. The minimum Gasteiger partial charge on any atom is -0.391 e. The van der Waals surface area contributed by atoms with Crippen LogP contribution in [0.3, 0.4) is 0 Å². The number of hydrogen-bond acceptors (Lipinski definition) is 4. The molecule has 0 aliphatic carbocycles. The van der Waals surface area contributed by atoms with E-state index in [0.717, 1.165) is 41.2 Å². The number of thioether (sulfide) groups is 1. The van der Waals surface area contributed by atoms with Crippen LogP contribution in [0.1, 0.15) is 37.8 Å². The zero-order valence-electron chi connectivity index (χ0n) is 14.9. The summed E-state index contributed by atoms with van der Waals surface area (Å²) in [4.78, 5) is 12.0. The highest BCUT2D eigenvalue weighted by atomic mass is 35.5. The molecule has 24 heavy (non-hydrogen) atoms. The van der Waals surface area contributed by atoms with Crippen molar-refractivity contribution >= 4 is 41.1 Å². The van der Waals surface area contributed by atoms with Crippen molar-refractivity contribution < 1.29 is 4.84 Å². The van der Waals surface area contributed by atoms with Crippen molar-refractivity contribution in [3.8, 4) is 0 Å². The van der Waals surface area contributed by atoms with Crippen LogP contribution in [0, 0.1) is 6.92 Å². The topological polar surface area (TPSA) is 37.2 Å². The molecule has 0 fully saturated rings. The van der Waals surface area contributed by atoms with E-state index in [2.05, 4.69) is 30.9 Å². The summed E-state index contributed by atoms with van der Waals surface area (Å²) < 4.78 is 0. The van der Waals surface area contributed by atoms with Gasteiger partial charge in [0.05, 0.1) is 22.8 Å². The Bertz CT molecular complexity index is 619. The molecule has 1 heterocycles. The highest BCUT2D eigenvalue weighted by Gasteiger charge is 2.23. The van der Waals surface area contributed by atoms with Crippen molar-refractivity contribution in [1.29, 1.82) is 0 Å². The van der Waals surface area contributed by atoms with Gasteiger partial charge in [0.1, 0.15) is 6.10 Å². The van der Waals surface area contributed by atoms with Crippen LogP contribution in [-0.2, 0) is 4.84 Å². The maximum absolute atomic E-state index is 6.41. The first kappa shape index (κ1) is 19.1. The fourth-order valence-electron chi connectivity index (χ4n) is 2.35. The van der Waals surface area contributed by atoms with Gasteiger partial charge in [0.2, 0.25) is 0 Å². The van der Waals surface area contributed by atoms with Crippen LogP contribution in [0.15, 0.2) is 22.3 Å². The molecule has 0 radical (unpaired) electrons. The number of aryl methyl sites for hydroxylation is 1. The molecule has 0 bridgehead atoms. The fourth-order valence-corrected chi connectivity index (χ4v) is 3.46. The van der Waals surface area contributed by atoms with Crippen LogP contribution >= 0.6 is 23.4 Å². The molecule has 2 rings (SSSR count). The van der Waals surface area contributed by atoms with E-state index < -0.39 is 0 Å². The summed E-state index contributed by atoms with van der Waals surface area (Å²) >= 11 is 8.33. The maximum Gasteiger partial charge on any atom is 0.142 e. The minimum absolute atomic E-state index is 0.172. The third-order valence-corrected chi connectivity index (χ3v) is 5.49. The lowest BCUT2D eigenvalue weighted by Crippen LogP contribution is -2.14.